The molecule has 2 heterocycles. The first kappa shape index (κ1) is 21.7. The molecule has 1 aromatic carbocycles. The summed E-state index contributed by atoms with van der Waals surface area (Å²) in [6.45, 7) is 3.85. The molecular weight excluding hydrogens is 437 g/mol. The van der Waals surface area contributed by atoms with E-state index in [1.807, 2.05) is 13.8 Å². The third-order valence-electron chi connectivity index (χ3n) is 4.53. The number of benzene rings is 1. The van der Waals surface area contributed by atoms with Gasteiger partial charge in [0, 0.05) is 20.6 Å². The number of nitrogens with zero attached hydrogens (tertiary/aromatic N) is 5. The SMILES string of the molecule is CC(C)CN1C(=O)c2c(Cl)cc(Cl)c(N=Nc3c(O)n(C)c(=O)n(C)c3=O)c2C1=O. The van der Waals surface area contributed by atoms with Gasteiger partial charge in [-0.05, 0) is 12.0 Å². The zero-order chi connectivity index (χ0) is 22.5. The summed E-state index contributed by atoms with van der Waals surface area (Å²) in [7, 11) is 2.46. The van der Waals surface area contributed by atoms with Crippen LogP contribution in [0.5, 0.6) is 5.88 Å². The summed E-state index contributed by atoms with van der Waals surface area (Å²) in [4.78, 5) is 50.8. The molecule has 3 rings (SSSR count). The normalized spacial score (nSPS) is 13.8. The van der Waals surface area contributed by atoms with Crippen molar-refractivity contribution >= 4 is 46.4 Å². The van der Waals surface area contributed by atoms with Crippen LogP contribution < -0.4 is 11.2 Å². The minimum Gasteiger partial charge on any atom is -0.493 e. The molecule has 0 unspecified atom stereocenters. The van der Waals surface area contributed by atoms with E-state index < -0.39 is 34.6 Å². The van der Waals surface area contributed by atoms with Gasteiger partial charge in [0.05, 0.1) is 21.2 Å². The highest BCUT2D eigenvalue weighted by molar-refractivity contribution is 6.41. The fourth-order valence-corrected chi connectivity index (χ4v) is 3.60. The number of imide groups is 1. The molecule has 0 atom stereocenters. The van der Waals surface area contributed by atoms with Gasteiger partial charge < -0.3 is 5.11 Å². The number of hydrogen-bond acceptors (Lipinski definition) is 7. The third kappa shape index (κ3) is 3.31. The summed E-state index contributed by atoms with van der Waals surface area (Å²) in [5, 5.41) is 17.6. The van der Waals surface area contributed by atoms with Crippen molar-refractivity contribution in [2.75, 3.05) is 6.54 Å². The van der Waals surface area contributed by atoms with Crippen molar-refractivity contribution in [2.24, 2.45) is 30.2 Å². The van der Waals surface area contributed by atoms with E-state index in [1.54, 1.807) is 0 Å². The van der Waals surface area contributed by atoms with Crippen molar-refractivity contribution in [2.45, 2.75) is 13.8 Å². The molecule has 30 heavy (non-hydrogen) atoms. The predicted octanol–water partition coefficient (Wildman–Crippen LogP) is 2.76. The van der Waals surface area contributed by atoms with Crippen LogP contribution in [0.1, 0.15) is 34.6 Å². The van der Waals surface area contributed by atoms with Crippen LogP contribution in [0.4, 0.5) is 11.4 Å². The highest BCUT2D eigenvalue weighted by atomic mass is 35.5. The molecule has 158 valence electrons. The molecule has 10 nitrogen and oxygen atoms in total. The molecule has 0 aliphatic carbocycles. The van der Waals surface area contributed by atoms with Crippen molar-refractivity contribution in [3.05, 3.63) is 48.1 Å². The summed E-state index contributed by atoms with van der Waals surface area (Å²) in [6.07, 6.45) is 0. The second-order valence-corrected chi connectivity index (χ2v) is 7.95. The Morgan fingerprint density at radius 3 is 2.10 bits per heavy atom. The Hall–Kier alpha value is -2.98. The molecular formula is C18H17Cl2N5O5. The lowest BCUT2D eigenvalue weighted by atomic mass is 10.1. The zero-order valence-corrected chi connectivity index (χ0v) is 17.9. The number of hydrogen-bond donors (Lipinski definition) is 1. The van der Waals surface area contributed by atoms with E-state index in [0.29, 0.717) is 0 Å². The van der Waals surface area contributed by atoms with E-state index in [0.717, 1.165) is 14.0 Å². The van der Waals surface area contributed by atoms with Crippen LogP contribution in [0, 0.1) is 5.92 Å². The Balaban J connectivity index is 2.21. The summed E-state index contributed by atoms with van der Waals surface area (Å²) in [5.74, 6) is -1.92. The Morgan fingerprint density at radius 2 is 1.50 bits per heavy atom. The zero-order valence-electron chi connectivity index (χ0n) is 16.4. The average molecular weight is 454 g/mol. The second-order valence-electron chi connectivity index (χ2n) is 7.13. The molecule has 2 amide bonds. The van der Waals surface area contributed by atoms with Crippen LogP contribution in [-0.4, -0.2) is 37.5 Å². The number of amides is 2. The molecule has 1 aromatic heterocycles. The van der Waals surface area contributed by atoms with Gasteiger partial charge in [-0.25, -0.2) is 4.79 Å². The topological polar surface area (TPSA) is 126 Å². The Labute approximate surface area is 180 Å². The van der Waals surface area contributed by atoms with E-state index in [1.165, 1.54) is 20.2 Å². The fourth-order valence-electron chi connectivity index (χ4n) is 3.02. The first-order valence-corrected chi connectivity index (χ1v) is 9.51. The van der Waals surface area contributed by atoms with Crippen molar-refractivity contribution in [1.29, 1.82) is 0 Å². The van der Waals surface area contributed by atoms with E-state index in [2.05, 4.69) is 10.2 Å². The van der Waals surface area contributed by atoms with Gasteiger partial charge in [-0.3, -0.25) is 28.4 Å². The van der Waals surface area contributed by atoms with Crippen molar-refractivity contribution in [3.8, 4) is 5.88 Å². The van der Waals surface area contributed by atoms with Crippen LogP contribution in [0.2, 0.25) is 10.0 Å². The van der Waals surface area contributed by atoms with Crippen LogP contribution in [0.25, 0.3) is 0 Å². The lowest BCUT2D eigenvalue weighted by molar-refractivity contribution is 0.0636. The number of aromatic nitrogens is 2. The minimum atomic E-state index is -0.898. The van der Waals surface area contributed by atoms with E-state index >= 15 is 0 Å². The largest absolute Gasteiger partial charge is 0.493 e. The number of carbonyl (C=O) groups excluding carboxylic acids is 2. The first-order valence-electron chi connectivity index (χ1n) is 8.76. The number of aromatic hydroxyl groups is 1. The summed E-state index contributed by atoms with van der Waals surface area (Å²) in [6, 6.07) is 1.25. The summed E-state index contributed by atoms with van der Waals surface area (Å²) >= 11 is 12.3. The summed E-state index contributed by atoms with van der Waals surface area (Å²) < 4.78 is 1.55. The highest BCUT2D eigenvalue weighted by Gasteiger charge is 2.40. The average Bonchev–Trinajstić information content (AvgIpc) is 2.91. The number of halogens is 2. The van der Waals surface area contributed by atoms with Gasteiger partial charge in [-0.15, -0.1) is 10.2 Å². The van der Waals surface area contributed by atoms with Crippen molar-refractivity contribution in [3.63, 3.8) is 0 Å². The monoisotopic (exact) mass is 453 g/mol. The second kappa shape index (κ2) is 7.69. The van der Waals surface area contributed by atoms with Gasteiger partial charge in [-0.1, -0.05) is 37.0 Å². The minimum absolute atomic E-state index is 0.0112. The molecule has 0 saturated heterocycles. The molecule has 1 aliphatic rings. The van der Waals surface area contributed by atoms with Crippen molar-refractivity contribution in [1.82, 2.24) is 14.0 Å². The third-order valence-corrected chi connectivity index (χ3v) is 5.12. The van der Waals surface area contributed by atoms with Gasteiger partial charge in [0.25, 0.3) is 17.4 Å². The van der Waals surface area contributed by atoms with E-state index in [4.69, 9.17) is 23.2 Å². The standard InChI is InChI=1S/C18H17Cl2N5O5/c1-7(2)6-25-14(26)10-8(19)5-9(20)12(11(10)15(25)27)21-22-13-16(28)23(3)18(30)24(4)17(13)29/h5,7,28H,6H2,1-4H3. The van der Waals surface area contributed by atoms with Gasteiger partial charge >= 0.3 is 5.69 Å². The van der Waals surface area contributed by atoms with E-state index in [9.17, 15) is 24.3 Å². The maximum atomic E-state index is 12.9. The maximum Gasteiger partial charge on any atom is 0.333 e. The first-order chi connectivity index (χ1) is 14.0. The Kier molecular flexibility index (Phi) is 5.57. The molecule has 1 aliphatic heterocycles. The lowest BCUT2D eigenvalue weighted by Crippen LogP contribution is -2.36. The molecule has 0 radical (unpaired) electrons. The fraction of sp³-hybridized carbons (Fsp3) is 0.333. The number of azo groups is 1. The van der Waals surface area contributed by atoms with Gasteiger partial charge in [0.1, 0.15) is 5.69 Å². The van der Waals surface area contributed by atoms with Gasteiger partial charge in [0.15, 0.2) is 0 Å². The Bertz CT molecular complexity index is 1250. The predicted molar refractivity (Wildman–Crippen MR) is 109 cm³/mol. The van der Waals surface area contributed by atoms with Crippen LogP contribution in [-0.2, 0) is 14.1 Å². The van der Waals surface area contributed by atoms with Crippen molar-refractivity contribution < 1.29 is 14.7 Å². The molecule has 0 fully saturated rings. The molecule has 1 N–H and O–H groups in total. The van der Waals surface area contributed by atoms with Crippen LogP contribution >= 0.6 is 23.2 Å². The molecule has 12 heteroatoms. The number of rotatable bonds is 4. The number of carbonyl (C=O) groups is 2. The molecule has 2 aromatic rings. The van der Waals surface area contributed by atoms with Crippen LogP contribution in [0.3, 0.4) is 0 Å². The Morgan fingerprint density at radius 1 is 0.933 bits per heavy atom. The quantitative estimate of drug-likeness (QED) is 0.562. The molecule has 0 saturated carbocycles. The smallest absolute Gasteiger partial charge is 0.333 e. The molecule has 0 spiro atoms. The maximum absolute atomic E-state index is 12.9. The van der Waals surface area contributed by atoms with Crippen LogP contribution in [0.15, 0.2) is 25.9 Å². The number of fused-ring (bicyclic) bond motifs is 1. The molecule has 0 bridgehead atoms. The lowest BCUT2D eigenvalue weighted by Gasteiger charge is -2.15. The van der Waals surface area contributed by atoms with Gasteiger partial charge in [-0.2, -0.15) is 0 Å². The van der Waals surface area contributed by atoms with E-state index in [-0.39, 0.29) is 39.3 Å². The summed E-state index contributed by atoms with van der Waals surface area (Å²) in [5.41, 5.74) is -2.55. The highest BCUT2D eigenvalue weighted by Crippen LogP contribution is 2.42. The van der Waals surface area contributed by atoms with Gasteiger partial charge in [0.2, 0.25) is 11.6 Å².